The summed E-state index contributed by atoms with van der Waals surface area (Å²) in [6, 6.07) is 5.41. The summed E-state index contributed by atoms with van der Waals surface area (Å²) < 4.78 is 11.3. The number of rotatable bonds is 8. The fraction of sp³-hybridized carbons (Fsp3) is 0.588. The summed E-state index contributed by atoms with van der Waals surface area (Å²) >= 11 is 12.0. The van der Waals surface area contributed by atoms with E-state index in [0.29, 0.717) is 23.2 Å². The number of carbonyl (C=O) groups is 1. The van der Waals surface area contributed by atoms with Crippen molar-refractivity contribution in [3.63, 3.8) is 0 Å². The Morgan fingerprint density at radius 3 is 2.88 bits per heavy atom. The molecule has 7 heteroatoms. The number of carboxylic acid groups (broad SMARTS) is 1. The van der Waals surface area contributed by atoms with E-state index in [2.05, 4.69) is 5.32 Å². The number of ether oxygens (including phenoxy) is 2. The van der Waals surface area contributed by atoms with Gasteiger partial charge in [-0.3, -0.25) is 0 Å². The molecule has 1 aliphatic rings. The van der Waals surface area contributed by atoms with Crippen LogP contribution in [0, 0.1) is 0 Å². The maximum Gasteiger partial charge on any atom is 0.404 e. The van der Waals surface area contributed by atoms with Gasteiger partial charge in [-0.2, -0.15) is 0 Å². The molecule has 1 heterocycles. The Morgan fingerprint density at radius 1 is 1.38 bits per heavy atom. The highest BCUT2D eigenvalue weighted by molar-refractivity contribution is 6.42. The zero-order chi connectivity index (χ0) is 17.4. The first-order chi connectivity index (χ1) is 11.6. The zero-order valence-electron chi connectivity index (χ0n) is 13.5. The SMILES string of the molecule is O=C(O)NCC(CCCOC1CCCCO1)c1ccc(Cl)c(Cl)c1. The van der Waals surface area contributed by atoms with Crippen LogP contribution in [0.5, 0.6) is 0 Å². The Bertz CT molecular complexity index is 535. The van der Waals surface area contributed by atoms with Gasteiger partial charge in [0.05, 0.1) is 10.0 Å². The summed E-state index contributed by atoms with van der Waals surface area (Å²) in [4.78, 5) is 10.8. The number of benzene rings is 1. The third-order valence-electron chi connectivity index (χ3n) is 4.05. The summed E-state index contributed by atoms with van der Waals surface area (Å²) in [5, 5.41) is 12.3. The molecule has 1 amide bonds. The topological polar surface area (TPSA) is 67.8 Å². The van der Waals surface area contributed by atoms with E-state index in [1.807, 2.05) is 6.07 Å². The van der Waals surface area contributed by atoms with Crippen molar-refractivity contribution >= 4 is 29.3 Å². The first kappa shape index (κ1) is 19.3. The molecule has 2 rings (SSSR count). The molecule has 0 bridgehead atoms. The molecule has 0 aromatic heterocycles. The van der Waals surface area contributed by atoms with Crippen LogP contribution in [0.25, 0.3) is 0 Å². The van der Waals surface area contributed by atoms with Crippen molar-refractivity contribution in [2.45, 2.75) is 44.3 Å². The van der Waals surface area contributed by atoms with Crippen LogP contribution in [0.1, 0.15) is 43.6 Å². The Kier molecular flexibility index (Phi) is 8.12. The third-order valence-corrected chi connectivity index (χ3v) is 4.79. The van der Waals surface area contributed by atoms with Gasteiger partial charge in [0, 0.05) is 25.7 Å². The van der Waals surface area contributed by atoms with Gasteiger partial charge in [-0.25, -0.2) is 4.79 Å². The minimum Gasteiger partial charge on any atom is -0.465 e. The fourth-order valence-electron chi connectivity index (χ4n) is 2.75. The molecule has 1 aliphatic heterocycles. The lowest BCUT2D eigenvalue weighted by atomic mass is 9.94. The minimum atomic E-state index is -1.04. The molecule has 0 radical (unpaired) electrons. The predicted octanol–water partition coefficient (Wildman–Crippen LogP) is 4.67. The number of hydrogen-bond donors (Lipinski definition) is 2. The van der Waals surface area contributed by atoms with Gasteiger partial charge in [-0.05, 0) is 49.8 Å². The number of nitrogens with one attached hydrogen (secondary N) is 1. The van der Waals surface area contributed by atoms with Gasteiger partial charge in [0.2, 0.25) is 0 Å². The molecule has 0 spiro atoms. The van der Waals surface area contributed by atoms with Gasteiger partial charge in [0.25, 0.3) is 0 Å². The summed E-state index contributed by atoms with van der Waals surface area (Å²) in [6.07, 6.45) is 3.64. The van der Waals surface area contributed by atoms with Crippen molar-refractivity contribution in [3.05, 3.63) is 33.8 Å². The molecule has 134 valence electrons. The molecule has 24 heavy (non-hydrogen) atoms. The van der Waals surface area contributed by atoms with Gasteiger partial charge in [-0.1, -0.05) is 29.3 Å². The summed E-state index contributed by atoms with van der Waals surface area (Å²) in [6.45, 7) is 1.68. The highest BCUT2D eigenvalue weighted by atomic mass is 35.5. The van der Waals surface area contributed by atoms with Crippen molar-refractivity contribution < 1.29 is 19.4 Å². The average molecular weight is 376 g/mol. The smallest absolute Gasteiger partial charge is 0.404 e. The van der Waals surface area contributed by atoms with Crippen molar-refractivity contribution in [2.24, 2.45) is 0 Å². The lowest BCUT2D eigenvalue weighted by Gasteiger charge is -2.23. The summed E-state index contributed by atoms with van der Waals surface area (Å²) in [7, 11) is 0. The normalized spacial score (nSPS) is 19.0. The highest BCUT2D eigenvalue weighted by Gasteiger charge is 2.16. The molecule has 0 aliphatic carbocycles. The second-order valence-corrected chi connectivity index (χ2v) is 6.68. The second-order valence-electron chi connectivity index (χ2n) is 5.87. The first-order valence-electron chi connectivity index (χ1n) is 8.21. The van der Waals surface area contributed by atoms with E-state index in [1.165, 1.54) is 0 Å². The van der Waals surface area contributed by atoms with Crippen LogP contribution in [0.15, 0.2) is 18.2 Å². The maximum atomic E-state index is 10.8. The molecule has 1 aromatic rings. The molecule has 2 unspecified atom stereocenters. The van der Waals surface area contributed by atoms with Crippen molar-refractivity contribution in [1.29, 1.82) is 0 Å². The van der Waals surface area contributed by atoms with Crippen LogP contribution in [0.4, 0.5) is 4.79 Å². The van der Waals surface area contributed by atoms with Gasteiger partial charge >= 0.3 is 6.09 Å². The average Bonchev–Trinajstić information content (AvgIpc) is 2.57. The molecule has 1 fully saturated rings. The zero-order valence-corrected chi connectivity index (χ0v) is 15.0. The van der Waals surface area contributed by atoms with Gasteiger partial charge in [-0.15, -0.1) is 0 Å². The monoisotopic (exact) mass is 375 g/mol. The third kappa shape index (κ3) is 6.48. The lowest BCUT2D eigenvalue weighted by molar-refractivity contribution is -0.162. The molecule has 1 saturated heterocycles. The van der Waals surface area contributed by atoms with Crippen LogP contribution >= 0.6 is 23.2 Å². The highest BCUT2D eigenvalue weighted by Crippen LogP contribution is 2.28. The fourth-order valence-corrected chi connectivity index (χ4v) is 3.06. The maximum absolute atomic E-state index is 10.8. The largest absolute Gasteiger partial charge is 0.465 e. The van der Waals surface area contributed by atoms with Gasteiger partial charge in [0.15, 0.2) is 6.29 Å². The quantitative estimate of drug-likeness (QED) is 0.647. The predicted molar refractivity (Wildman–Crippen MR) is 94.0 cm³/mol. The standard InChI is InChI=1S/C17H23Cl2NO4/c18-14-7-6-12(10-15(14)19)13(11-20-17(21)22)4-3-9-24-16-5-1-2-8-23-16/h6-7,10,13,16,20H,1-5,8-9,11H2,(H,21,22). The van der Waals surface area contributed by atoms with Crippen LogP contribution in [0.2, 0.25) is 10.0 Å². The van der Waals surface area contributed by atoms with Crippen LogP contribution in [0.3, 0.4) is 0 Å². The number of halogens is 2. The second kappa shape index (κ2) is 10.1. The lowest BCUT2D eigenvalue weighted by Crippen LogP contribution is -2.27. The Labute approximate surface area is 152 Å². The molecular formula is C17H23Cl2NO4. The van der Waals surface area contributed by atoms with E-state index in [4.69, 9.17) is 37.8 Å². The van der Waals surface area contributed by atoms with Crippen molar-refractivity contribution in [1.82, 2.24) is 5.32 Å². The molecule has 0 saturated carbocycles. The molecule has 1 aromatic carbocycles. The van der Waals surface area contributed by atoms with Gasteiger partial charge in [0.1, 0.15) is 0 Å². The van der Waals surface area contributed by atoms with E-state index < -0.39 is 6.09 Å². The van der Waals surface area contributed by atoms with E-state index in [1.54, 1.807) is 12.1 Å². The molecule has 5 nitrogen and oxygen atoms in total. The Hall–Kier alpha value is -1.01. The first-order valence-corrected chi connectivity index (χ1v) is 8.97. The van der Waals surface area contributed by atoms with E-state index in [-0.39, 0.29) is 12.2 Å². The number of amides is 1. The van der Waals surface area contributed by atoms with Crippen LogP contribution < -0.4 is 5.32 Å². The van der Waals surface area contributed by atoms with E-state index in [9.17, 15) is 4.79 Å². The molecule has 2 N–H and O–H groups in total. The summed E-state index contributed by atoms with van der Waals surface area (Å²) in [5.41, 5.74) is 0.965. The molecular weight excluding hydrogens is 353 g/mol. The molecule has 2 atom stereocenters. The van der Waals surface area contributed by atoms with E-state index in [0.717, 1.165) is 44.3 Å². The van der Waals surface area contributed by atoms with Crippen LogP contribution in [-0.4, -0.2) is 37.2 Å². The van der Waals surface area contributed by atoms with Crippen molar-refractivity contribution in [2.75, 3.05) is 19.8 Å². The minimum absolute atomic E-state index is 0.0201. The van der Waals surface area contributed by atoms with Gasteiger partial charge < -0.3 is 19.9 Å². The van der Waals surface area contributed by atoms with Crippen LogP contribution in [-0.2, 0) is 9.47 Å². The summed E-state index contributed by atoms with van der Waals surface area (Å²) in [5.74, 6) is 0.0201. The Balaban J connectivity index is 1.85. The number of hydrogen-bond acceptors (Lipinski definition) is 3. The van der Waals surface area contributed by atoms with Crippen molar-refractivity contribution in [3.8, 4) is 0 Å². The Morgan fingerprint density at radius 2 is 2.21 bits per heavy atom. The van der Waals surface area contributed by atoms with E-state index >= 15 is 0 Å².